The molecule has 2 unspecified atom stereocenters. The second-order valence-electron chi connectivity index (χ2n) is 5.34. The van der Waals surface area contributed by atoms with Crippen LogP contribution in [0, 0.1) is 0 Å². The molecular weight excluding hydrogens is 284 g/mol. The van der Waals surface area contributed by atoms with Gasteiger partial charge in [-0.15, -0.1) is 0 Å². The van der Waals surface area contributed by atoms with E-state index in [-0.39, 0.29) is 18.1 Å². The van der Waals surface area contributed by atoms with E-state index in [9.17, 15) is 4.79 Å². The highest BCUT2D eigenvalue weighted by Gasteiger charge is 2.31. The zero-order valence-electron chi connectivity index (χ0n) is 13.4. The summed E-state index contributed by atoms with van der Waals surface area (Å²) in [5.41, 5.74) is 6.41. The monoisotopic (exact) mass is 308 g/mol. The first-order chi connectivity index (χ1) is 10.6. The molecule has 0 aromatic heterocycles. The third kappa shape index (κ3) is 3.34. The molecule has 0 radical (unpaired) electrons. The Labute approximate surface area is 131 Å². The summed E-state index contributed by atoms with van der Waals surface area (Å²) in [6.45, 7) is 1.08. The number of benzene rings is 1. The van der Waals surface area contributed by atoms with E-state index < -0.39 is 0 Å². The molecule has 1 saturated heterocycles. The van der Waals surface area contributed by atoms with Crippen molar-refractivity contribution in [1.82, 2.24) is 4.90 Å². The van der Waals surface area contributed by atoms with Crippen LogP contribution in [0.1, 0.15) is 23.2 Å². The Kier molecular flexibility index (Phi) is 5.63. The molecule has 1 heterocycles. The van der Waals surface area contributed by atoms with Crippen molar-refractivity contribution in [3.63, 3.8) is 0 Å². The van der Waals surface area contributed by atoms with Gasteiger partial charge in [-0.05, 0) is 31.0 Å². The number of carbonyl (C=O) groups excluding carboxylic acids is 1. The van der Waals surface area contributed by atoms with E-state index in [1.807, 2.05) is 4.90 Å². The Hall–Kier alpha value is -1.79. The zero-order chi connectivity index (χ0) is 16.1. The highest BCUT2D eigenvalue weighted by Crippen LogP contribution is 2.29. The average molecular weight is 308 g/mol. The van der Waals surface area contributed by atoms with Gasteiger partial charge in [0.05, 0.1) is 20.3 Å². The molecule has 6 heteroatoms. The number of nitrogens with two attached hydrogens (primary N) is 1. The third-order valence-electron chi connectivity index (χ3n) is 4.16. The summed E-state index contributed by atoms with van der Waals surface area (Å²) in [7, 11) is 4.82. The lowest BCUT2D eigenvalue weighted by atomic mass is 9.98. The number of nitrogens with zero attached hydrogens (tertiary/aromatic N) is 1. The van der Waals surface area contributed by atoms with Crippen LogP contribution in [0.3, 0.4) is 0 Å². The number of likely N-dealkylation sites (tertiary alicyclic amines) is 1. The molecule has 2 N–H and O–H groups in total. The molecule has 1 aliphatic heterocycles. The maximum atomic E-state index is 12.8. The van der Waals surface area contributed by atoms with Crippen LogP contribution in [-0.4, -0.2) is 57.4 Å². The average Bonchev–Trinajstić information content (AvgIpc) is 2.59. The summed E-state index contributed by atoms with van der Waals surface area (Å²) in [6.07, 6.45) is 1.76. The molecule has 0 saturated carbocycles. The molecule has 122 valence electrons. The molecule has 2 atom stereocenters. The lowest BCUT2D eigenvalue weighted by Crippen LogP contribution is -2.51. The molecule has 0 spiro atoms. The summed E-state index contributed by atoms with van der Waals surface area (Å²) in [4.78, 5) is 14.6. The molecule has 1 aliphatic rings. The number of rotatable bonds is 5. The van der Waals surface area contributed by atoms with Crippen LogP contribution in [0.25, 0.3) is 0 Å². The second-order valence-corrected chi connectivity index (χ2v) is 5.34. The molecular formula is C16H24N2O4. The van der Waals surface area contributed by atoms with Crippen molar-refractivity contribution in [2.24, 2.45) is 5.73 Å². The summed E-state index contributed by atoms with van der Waals surface area (Å²) in [5.74, 6) is 1.11. The number of carbonyl (C=O) groups is 1. The summed E-state index contributed by atoms with van der Waals surface area (Å²) in [6, 6.07) is 5.20. The molecule has 1 amide bonds. The Morgan fingerprint density at radius 3 is 2.59 bits per heavy atom. The number of hydrogen-bond donors (Lipinski definition) is 1. The number of piperidine rings is 1. The fourth-order valence-corrected chi connectivity index (χ4v) is 2.85. The Morgan fingerprint density at radius 1 is 1.27 bits per heavy atom. The van der Waals surface area contributed by atoms with E-state index in [1.54, 1.807) is 39.5 Å². The molecule has 0 bridgehead atoms. The maximum absolute atomic E-state index is 12.8. The molecule has 2 rings (SSSR count). The lowest BCUT2D eigenvalue weighted by molar-refractivity contribution is 0.0139. The van der Waals surface area contributed by atoms with Crippen LogP contribution in [0.15, 0.2) is 18.2 Å². The van der Waals surface area contributed by atoms with Crippen LogP contribution in [0.5, 0.6) is 11.5 Å². The fraction of sp³-hybridized carbons (Fsp3) is 0.562. The van der Waals surface area contributed by atoms with E-state index in [2.05, 4.69) is 0 Å². The van der Waals surface area contributed by atoms with Gasteiger partial charge in [0.25, 0.3) is 5.91 Å². The third-order valence-corrected chi connectivity index (χ3v) is 4.16. The van der Waals surface area contributed by atoms with Gasteiger partial charge < -0.3 is 24.8 Å². The predicted molar refractivity (Wildman–Crippen MR) is 83.5 cm³/mol. The fourth-order valence-electron chi connectivity index (χ4n) is 2.85. The Morgan fingerprint density at radius 2 is 2.00 bits per heavy atom. The van der Waals surface area contributed by atoms with Crippen molar-refractivity contribution in [2.45, 2.75) is 25.0 Å². The minimum atomic E-state index is -0.0362. The number of methoxy groups -OCH3 is 3. The van der Waals surface area contributed by atoms with Gasteiger partial charge in [-0.1, -0.05) is 0 Å². The molecule has 1 aromatic rings. The Balaban J connectivity index is 2.20. The van der Waals surface area contributed by atoms with Gasteiger partial charge in [0, 0.05) is 31.8 Å². The van der Waals surface area contributed by atoms with Gasteiger partial charge in [-0.3, -0.25) is 4.79 Å². The molecule has 6 nitrogen and oxygen atoms in total. The van der Waals surface area contributed by atoms with E-state index >= 15 is 0 Å². The predicted octanol–water partition coefficient (Wildman–Crippen LogP) is 1.28. The van der Waals surface area contributed by atoms with E-state index in [4.69, 9.17) is 19.9 Å². The number of hydrogen-bond acceptors (Lipinski definition) is 5. The first-order valence-electron chi connectivity index (χ1n) is 7.40. The summed E-state index contributed by atoms with van der Waals surface area (Å²) in [5, 5.41) is 0. The van der Waals surface area contributed by atoms with Gasteiger partial charge in [0.15, 0.2) is 11.5 Å². The zero-order valence-corrected chi connectivity index (χ0v) is 13.4. The summed E-state index contributed by atoms with van der Waals surface area (Å²) >= 11 is 0. The van der Waals surface area contributed by atoms with Crippen LogP contribution < -0.4 is 15.2 Å². The quantitative estimate of drug-likeness (QED) is 0.887. The van der Waals surface area contributed by atoms with Crippen LogP contribution in [-0.2, 0) is 4.74 Å². The molecule has 1 fully saturated rings. The van der Waals surface area contributed by atoms with Crippen LogP contribution in [0.4, 0.5) is 0 Å². The first-order valence-corrected chi connectivity index (χ1v) is 7.40. The molecule has 22 heavy (non-hydrogen) atoms. The standard InChI is InChI=1S/C16H24N2O4/c1-20-13-6-7-18(12(9-13)10-17)16(19)11-4-5-14(21-2)15(8-11)22-3/h4-5,8,12-13H,6-7,9-10,17H2,1-3H3. The van der Waals surface area contributed by atoms with E-state index in [1.165, 1.54) is 0 Å². The van der Waals surface area contributed by atoms with Gasteiger partial charge in [-0.2, -0.15) is 0 Å². The van der Waals surface area contributed by atoms with E-state index in [0.717, 1.165) is 12.8 Å². The molecule has 1 aromatic carbocycles. The largest absolute Gasteiger partial charge is 0.493 e. The van der Waals surface area contributed by atoms with E-state index in [0.29, 0.717) is 30.2 Å². The van der Waals surface area contributed by atoms with Crippen molar-refractivity contribution in [1.29, 1.82) is 0 Å². The highest BCUT2D eigenvalue weighted by atomic mass is 16.5. The number of amides is 1. The lowest BCUT2D eigenvalue weighted by Gasteiger charge is -2.38. The van der Waals surface area contributed by atoms with Crippen molar-refractivity contribution < 1.29 is 19.0 Å². The van der Waals surface area contributed by atoms with Crippen molar-refractivity contribution >= 4 is 5.91 Å². The van der Waals surface area contributed by atoms with Crippen molar-refractivity contribution in [3.05, 3.63) is 23.8 Å². The highest BCUT2D eigenvalue weighted by molar-refractivity contribution is 5.95. The first kappa shape index (κ1) is 16.6. The topological polar surface area (TPSA) is 74.0 Å². The molecule has 0 aliphatic carbocycles. The van der Waals surface area contributed by atoms with Crippen molar-refractivity contribution in [3.8, 4) is 11.5 Å². The minimum absolute atomic E-state index is 0.000651. The maximum Gasteiger partial charge on any atom is 0.254 e. The summed E-state index contributed by atoms with van der Waals surface area (Å²) < 4.78 is 15.9. The van der Waals surface area contributed by atoms with Gasteiger partial charge in [0.1, 0.15) is 0 Å². The van der Waals surface area contributed by atoms with Gasteiger partial charge >= 0.3 is 0 Å². The van der Waals surface area contributed by atoms with Gasteiger partial charge in [-0.25, -0.2) is 0 Å². The van der Waals surface area contributed by atoms with Crippen molar-refractivity contribution in [2.75, 3.05) is 34.4 Å². The normalized spacial score (nSPS) is 21.5. The SMILES string of the molecule is COc1ccc(C(=O)N2CCC(OC)CC2CN)cc1OC. The van der Waals surface area contributed by atoms with Crippen LogP contribution >= 0.6 is 0 Å². The van der Waals surface area contributed by atoms with Gasteiger partial charge in [0.2, 0.25) is 0 Å². The van der Waals surface area contributed by atoms with Crippen LogP contribution in [0.2, 0.25) is 0 Å². The smallest absolute Gasteiger partial charge is 0.254 e. The number of ether oxygens (including phenoxy) is 3. The minimum Gasteiger partial charge on any atom is -0.493 e. The Bertz CT molecular complexity index is 521. The second kappa shape index (κ2) is 7.47.